The van der Waals surface area contributed by atoms with Crippen molar-refractivity contribution in [3.63, 3.8) is 0 Å². The summed E-state index contributed by atoms with van der Waals surface area (Å²) in [4.78, 5) is 0. The first-order valence-electron chi connectivity index (χ1n) is 6.40. The molecular weight excluding hydrogens is 258 g/mol. The number of ether oxygens (including phenoxy) is 1. The van der Waals surface area contributed by atoms with Gasteiger partial charge in [0, 0.05) is 17.9 Å². The maximum absolute atomic E-state index is 13.5. The van der Waals surface area contributed by atoms with Gasteiger partial charge in [0.2, 0.25) is 0 Å². The van der Waals surface area contributed by atoms with E-state index in [-0.39, 0.29) is 5.46 Å². The molecule has 0 radical (unpaired) electrons. The molecule has 0 spiro atoms. The molecule has 0 aliphatic carbocycles. The first-order chi connectivity index (χ1) is 9.56. The number of aryl methyl sites for hydroxylation is 1. The summed E-state index contributed by atoms with van der Waals surface area (Å²) in [6.07, 6.45) is 0.728. The van der Waals surface area contributed by atoms with Crippen molar-refractivity contribution < 1.29 is 19.2 Å². The van der Waals surface area contributed by atoms with Crippen LogP contribution in [0.15, 0.2) is 42.5 Å². The maximum Gasteiger partial charge on any atom is 0.491 e. The van der Waals surface area contributed by atoms with Crippen LogP contribution in [0.4, 0.5) is 4.39 Å². The van der Waals surface area contributed by atoms with E-state index in [1.807, 2.05) is 31.2 Å². The van der Waals surface area contributed by atoms with Crippen LogP contribution in [-0.4, -0.2) is 23.8 Å². The molecule has 0 aliphatic rings. The maximum atomic E-state index is 13.5. The van der Waals surface area contributed by atoms with Crippen LogP contribution in [0.2, 0.25) is 0 Å². The molecule has 0 amide bonds. The van der Waals surface area contributed by atoms with Crippen molar-refractivity contribution in [3.05, 3.63) is 59.4 Å². The van der Waals surface area contributed by atoms with Crippen molar-refractivity contribution in [2.24, 2.45) is 0 Å². The van der Waals surface area contributed by atoms with Crippen LogP contribution >= 0.6 is 0 Å². The molecule has 2 N–H and O–H groups in total. The van der Waals surface area contributed by atoms with Crippen molar-refractivity contribution in [2.75, 3.05) is 6.61 Å². The summed E-state index contributed by atoms with van der Waals surface area (Å²) in [6, 6.07) is 12.1. The van der Waals surface area contributed by atoms with E-state index >= 15 is 0 Å². The number of hydrogen-bond donors (Lipinski definition) is 2. The van der Waals surface area contributed by atoms with Gasteiger partial charge in [-0.3, -0.25) is 0 Å². The molecule has 0 aliphatic heterocycles. The van der Waals surface area contributed by atoms with Gasteiger partial charge in [-0.2, -0.15) is 0 Å². The Morgan fingerprint density at radius 3 is 2.40 bits per heavy atom. The van der Waals surface area contributed by atoms with Gasteiger partial charge < -0.3 is 14.8 Å². The monoisotopic (exact) mass is 274 g/mol. The van der Waals surface area contributed by atoms with E-state index in [1.165, 1.54) is 17.7 Å². The Balaban J connectivity index is 1.91. The van der Waals surface area contributed by atoms with Gasteiger partial charge in [-0.1, -0.05) is 35.9 Å². The molecular formula is C15H16BFO3. The minimum atomic E-state index is -1.81. The Labute approximate surface area is 117 Å². The number of benzene rings is 2. The summed E-state index contributed by atoms with van der Waals surface area (Å²) < 4.78 is 18.9. The zero-order valence-corrected chi connectivity index (χ0v) is 11.2. The van der Waals surface area contributed by atoms with Crippen LogP contribution in [-0.2, 0) is 6.42 Å². The highest BCUT2D eigenvalue weighted by Crippen LogP contribution is 2.12. The molecule has 0 aromatic heterocycles. The lowest BCUT2D eigenvalue weighted by Crippen LogP contribution is -2.32. The molecule has 0 fully saturated rings. The molecule has 0 unspecified atom stereocenters. The minimum absolute atomic E-state index is 0.157. The molecule has 104 valence electrons. The fraction of sp³-hybridized carbons (Fsp3) is 0.200. The highest BCUT2D eigenvalue weighted by Gasteiger charge is 2.16. The van der Waals surface area contributed by atoms with Gasteiger partial charge in [0.05, 0.1) is 6.61 Å². The molecule has 2 aromatic rings. The third-order valence-corrected chi connectivity index (χ3v) is 3.03. The van der Waals surface area contributed by atoms with Gasteiger partial charge in [-0.05, 0) is 18.6 Å². The zero-order valence-electron chi connectivity index (χ0n) is 11.2. The van der Waals surface area contributed by atoms with E-state index in [4.69, 9.17) is 14.8 Å². The van der Waals surface area contributed by atoms with E-state index in [0.717, 1.165) is 18.1 Å². The Bertz CT molecular complexity index is 570. The van der Waals surface area contributed by atoms with Crippen LogP contribution < -0.4 is 10.2 Å². The van der Waals surface area contributed by atoms with Gasteiger partial charge in [0.25, 0.3) is 0 Å². The quantitative estimate of drug-likeness (QED) is 0.811. The van der Waals surface area contributed by atoms with Crippen LogP contribution in [0, 0.1) is 12.7 Å². The van der Waals surface area contributed by atoms with Crippen LogP contribution in [0.1, 0.15) is 11.1 Å². The predicted octanol–water partition coefficient (Wildman–Crippen LogP) is 1.44. The molecule has 2 aromatic carbocycles. The molecule has 0 atom stereocenters. The van der Waals surface area contributed by atoms with E-state index in [1.54, 1.807) is 0 Å². The Kier molecular flexibility index (Phi) is 4.77. The first-order valence-corrected chi connectivity index (χ1v) is 6.40. The summed E-state index contributed by atoms with van der Waals surface area (Å²) in [5, 5.41) is 17.8. The first kappa shape index (κ1) is 14.6. The average molecular weight is 274 g/mol. The second kappa shape index (κ2) is 6.54. The third kappa shape index (κ3) is 3.82. The molecule has 5 heteroatoms. The number of hydrogen-bond acceptors (Lipinski definition) is 3. The smallest absolute Gasteiger partial charge is 0.491 e. The van der Waals surface area contributed by atoms with E-state index in [2.05, 4.69) is 0 Å². The fourth-order valence-corrected chi connectivity index (χ4v) is 1.85. The lowest BCUT2D eigenvalue weighted by molar-refractivity contribution is 0.320. The molecule has 20 heavy (non-hydrogen) atoms. The normalized spacial score (nSPS) is 10.4. The Morgan fingerprint density at radius 1 is 1.10 bits per heavy atom. The molecule has 0 saturated carbocycles. The van der Waals surface area contributed by atoms with Crippen molar-refractivity contribution in [1.29, 1.82) is 0 Å². The Hall–Kier alpha value is -1.85. The largest absolute Gasteiger partial charge is 0.493 e. The van der Waals surface area contributed by atoms with Crippen LogP contribution in [0.25, 0.3) is 0 Å². The fourth-order valence-electron chi connectivity index (χ4n) is 1.85. The van der Waals surface area contributed by atoms with Crippen molar-refractivity contribution in [2.45, 2.75) is 13.3 Å². The SMILES string of the molecule is Cc1ccc(CCOc2ccc(B(O)O)c(F)c2)cc1. The second-order valence-corrected chi connectivity index (χ2v) is 4.64. The van der Waals surface area contributed by atoms with E-state index in [0.29, 0.717) is 12.4 Å². The summed E-state index contributed by atoms with van der Waals surface area (Å²) in [7, 11) is -1.81. The molecule has 2 rings (SSSR count). The topological polar surface area (TPSA) is 49.7 Å². The van der Waals surface area contributed by atoms with Crippen molar-refractivity contribution in [1.82, 2.24) is 0 Å². The average Bonchev–Trinajstić information content (AvgIpc) is 2.41. The lowest BCUT2D eigenvalue weighted by atomic mass is 9.80. The van der Waals surface area contributed by atoms with E-state index in [9.17, 15) is 4.39 Å². The van der Waals surface area contributed by atoms with Gasteiger partial charge >= 0.3 is 7.12 Å². The Morgan fingerprint density at radius 2 is 1.80 bits per heavy atom. The minimum Gasteiger partial charge on any atom is -0.493 e. The predicted molar refractivity (Wildman–Crippen MR) is 76.6 cm³/mol. The van der Waals surface area contributed by atoms with Gasteiger partial charge in [0.1, 0.15) is 11.6 Å². The summed E-state index contributed by atoms with van der Waals surface area (Å²) >= 11 is 0. The molecule has 0 bridgehead atoms. The lowest BCUT2D eigenvalue weighted by Gasteiger charge is -2.08. The molecule has 3 nitrogen and oxygen atoms in total. The summed E-state index contributed by atoms with van der Waals surface area (Å²) in [6.45, 7) is 2.46. The standard InChI is InChI=1S/C15H16BFO3/c1-11-2-4-12(5-3-11)8-9-20-13-6-7-14(16(18)19)15(17)10-13/h2-7,10,18-19H,8-9H2,1H3. The van der Waals surface area contributed by atoms with Crippen molar-refractivity contribution in [3.8, 4) is 5.75 Å². The second-order valence-electron chi connectivity index (χ2n) is 4.64. The zero-order chi connectivity index (χ0) is 14.5. The van der Waals surface area contributed by atoms with Gasteiger partial charge in [-0.15, -0.1) is 0 Å². The highest BCUT2D eigenvalue weighted by atomic mass is 19.1. The number of rotatable bonds is 5. The summed E-state index contributed by atoms with van der Waals surface area (Å²) in [5.41, 5.74) is 2.20. The molecule has 0 saturated heterocycles. The number of halogens is 1. The van der Waals surface area contributed by atoms with Gasteiger partial charge in [0.15, 0.2) is 0 Å². The third-order valence-electron chi connectivity index (χ3n) is 3.03. The molecule has 0 heterocycles. The van der Waals surface area contributed by atoms with Crippen LogP contribution in [0.5, 0.6) is 5.75 Å². The van der Waals surface area contributed by atoms with Gasteiger partial charge in [-0.25, -0.2) is 4.39 Å². The van der Waals surface area contributed by atoms with Crippen molar-refractivity contribution >= 4 is 12.6 Å². The van der Waals surface area contributed by atoms with E-state index < -0.39 is 12.9 Å². The van der Waals surface area contributed by atoms with Crippen LogP contribution in [0.3, 0.4) is 0 Å². The summed E-state index contributed by atoms with van der Waals surface area (Å²) in [5.74, 6) is -0.313. The highest BCUT2D eigenvalue weighted by molar-refractivity contribution is 6.58.